The summed E-state index contributed by atoms with van der Waals surface area (Å²) in [6.07, 6.45) is 0.899. The van der Waals surface area contributed by atoms with Crippen LogP contribution >= 0.6 is 18.9 Å². The topological polar surface area (TPSA) is 74.6 Å². The summed E-state index contributed by atoms with van der Waals surface area (Å²) in [6.45, 7) is 1.22. The van der Waals surface area contributed by atoms with Crippen molar-refractivity contribution >= 4 is 24.0 Å². The molecule has 0 aliphatic rings. The average molecular weight is 240 g/mol. The highest BCUT2D eigenvalue weighted by Gasteiger charge is 2.20. The van der Waals surface area contributed by atoms with Crippen LogP contribution in [0.3, 0.4) is 0 Å². The van der Waals surface area contributed by atoms with Gasteiger partial charge in [-0.25, -0.2) is 0 Å². The van der Waals surface area contributed by atoms with E-state index in [2.05, 4.69) is 0 Å². The fraction of sp³-hybridized carbons (Fsp3) is 0.875. The monoisotopic (exact) mass is 240 g/mol. The maximum Gasteiger partial charge on any atom is 0.185 e. The fourth-order valence-corrected chi connectivity index (χ4v) is 4.44. The minimum Gasteiger partial charge on any atom is -0.396 e. The van der Waals surface area contributed by atoms with E-state index in [1.807, 2.05) is 0 Å². The molecule has 0 aromatic rings. The molecular weight excluding hydrogens is 223 g/mol. The Labute approximate surface area is 88.5 Å². The molecule has 0 rings (SSSR count). The van der Waals surface area contributed by atoms with Crippen molar-refractivity contribution < 1.29 is 19.6 Å². The van der Waals surface area contributed by atoms with E-state index >= 15 is 0 Å². The van der Waals surface area contributed by atoms with Gasteiger partial charge in [0, 0.05) is 44.4 Å². The molecule has 0 fully saturated rings. The molecule has 84 valence electrons. The highest BCUT2D eigenvalue weighted by Crippen LogP contribution is 2.44. The molecule has 2 N–H and O–H groups in total. The highest BCUT2D eigenvalue weighted by molar-refractivity contribution is 8.13. The van der Waals surface area contributed by atoms with Crippen molar-refractivity contribution in [3.05, 3.63) is 0 Å². The molecule has 0 atom stereocenters. The third-order valence-electron chi connectivity index (χ3n) is 1.82. The van der Waals surface area contributed by atoms with Crippen molar-refractivity contribution in [3.63, 3.8) is 0 Å². The van der Waals surface area contributed by atoms with Gasteiger partial charge in [-0.15, -0.1) is 0 Å². The van der Waals surface area contributed by atoms with Gasteiger partial charge in [0.05, 0.1) is 7.14 Å². The molecule has 0 aliphatic heterocycles. The Morgan fingerprint density at radius 2 is 1.71 bits per heavy atom. The minimum absolute atomic E-state index is 0.00421. The van der Waals surface area contributed by atoms with Crippen molar-refractivity contribution in [1.82, 2.24) is 0 Å². The number of aliphatic hydroxyl groups is 2. The van der Waals surface area contributed by atoms with Crippen LogP contribution in [-0.2, 0) is 9.36 Å². The van der Waals surface area contributed by atoms with Crippen molar-refractivity contribution in [1.29, 1.82) is 0 Å². The van der Waals surface area contributed by atoms with Crippen LogP contribution in [0.4, 0.5) is 0 Å². The van der Waals surface area contributed by atoms with Crippen molar-refractivity contribution in [2.24, 2.45) is 0 Å². The first-order valence-electron chi connectivity index (χ1n) is 4.46. The minimum atomic E-state index is -2.45. The lowest BCUT2D eigenvalue weighted by atomic mass is 10.9. The quantitative estimate of drug-likeness (QED) is 0.638. The summed E-state index contributed by atoms with van der Waals surface area (Å²) in [5.74, 6) is 0.507. The van der Waals surface area contributed by atoms with Gasteiger partial charge in [-0.05, 0) is 0 Å². The van der Waals surface area contributed by atoms with Crippen LogP contribution in [0.2, 0.25) is 0 Å². The number of carbonyl (C=O) groups excluding carboxylic acids is 1. The Hall–Kier alpha value is 0.170. The first kappa shape index (κ1) is 14.2. The van der Waals surface area contributed by atoms with Crippen molar-refractivity contribution in [2.75, 3.05) is 37.5 Å². The molecule has 0 amide bonds. The molecule has 0 saturated heterocycles. The van der Waals surface area contributed by atoms with Crippen LogP contribution in [0.5, 0.6) is 0 Å². The second-order valence-corrected chi connectivity index (χ2v) is 7.75. The molecule has 0 unspecified atom stereocenters. The summed E-state index contributed by atoms with van der Waals surface area (Å²) in [7, 11) is -2.45. The Balaban J connectivity index is 3.96. The zero-order chi connectivity index (χ0) is 11.0. The van der Waals surface area contributed by atoms with Gasteiger partial charge in [-0.1, -0.05) is 11.8 Å². The van der Waals surface area contributed by atoms with E-state index in [4.69, 9.17) is 10.2 Å². The molecular formula is C8H17O4PS. The van der Waals surface area contributed by atoms with Gasteiger partial charge < -0.3 is 14.8 Å². The van der Waals surface area contributed by atoms with E-state index in [0.717, 1.165) is 11.8 Å². The smallest absolute Gasteiger partial charge is 0.185 e. The Morgan fingerprint density at radius 3 is 2.07 bits per heavy atom. The number of carbonyl (C=O) groups is 1. The number of hydrogen-bond acceptors (Lipinski definition) is 5. The van der Waals surface area contributed by atoms with Crippen LogP contribution in [0.1, 0.15) is 6.92 Å². The van der Waals surface area contributed by atoms with E-state index in [9.17, 15) is 9.36 Å². The second-order valence-electron chi connectivity index (χ2n) is 3.02. The lowest BCUT2D eigenvalue weighted by Gasteiger charge is -2.15. The number of hydrogen-bond donors (Lipinski definition) is 2. The van der Waals surface area contributed by atoms with E-state index in [0.29, 0.717) is 11.9 Å². The zero-order valence-electron chi connectivity index (χ0n) is 8.31. The van der Waals surface area contributed by atoms with Crippen LogP contribution in [0.25, 0.3) is 0 Å². The average Bonchev–Trinajstić information content (AvgIpc) is 2.03. The Morgan fingerprint density at radius 1 is 1.21 bits per heavy atom. The van der Waals surface area contributed by atoms with Crippen molar-refractivity contribution in [3.8, 4) is 0 Å². The molecule has 0 bridgehead atoms. The van der Waals surface area contributed by atoms with Crippen LogP contribution in [-0.4, -0.2) is 52.8 Å². The summed E-state index contributed by atoms with van der Waals surface area (Å²) in [4.78, 5) is 10.6. The molecule has 0 aromatic heterocycles. The van der Waals surface area contributed by atoms with E-state index in [1.165, 1.54) is 6.92 Å². The first-order valence-corrected chi connectivity index (χ1v) is 7.71. The van der Waals surface area contributed by atoms with E-state index < -0.39 is 7.14 Å². The predicted molar refractivity (Wildman–Crippen MR) is 59.5 cm³/mol. The summed E-state index contributed by atoms with van der Waals surface area (Å²) in [5, 5.41) is 17.4. The molecule has 14 heavy (non-hydrogen) atoms. The molecule has 6 heteroatoms. The summed E-state index contributed by atoms with van der Waals surface area (Å²) < 4.78 is 12.0. The second kappa shape index (κ2) is 7.46. The Bertz CT molecular complexity index is 209. The molecule has 0 heterocycles. The zero-order valence-corrected chi connectivity index (χ0v) is 10.0. The maximum absolute atomic E-state index is 12.0. The molecule has 0 radical (unpaired) electrons. The summed E-state index contributed by atoms with van der Waals surface area (Å²) in [5.41, 5.74) is 0. The van der Waals surface area contributed by atoms with Crippen LogP contribution < -0.4 is 0 Å². The lowest BCUT2D eigenvalue weighted by Crippen LogP contribution is -2.08. The van der Waals surface area contributed by atoms with Gasteiger partial charge in [0.2, 0.25) is 0 Å². The van der Waals surface area contributed by atoms with Gasteiger partial charge in [0.25, 0.3) is 0 Å². The van der Waals surface area contributed by atoms with E-state index in [1.54, 1.807) is 0 Å². The standard InChI is InChI=1S/C8H17O4PS/c1-8(11)14-7-6-13(12,4-2-9)5-3-10/h9-10H,2-7H2,1H3. The van der Waals surface area contributed by atoms with Crippen LogP contribution in [0, 0.1) is 0 Å². The Kier molecular flexibility index (Phi) is 7.55. The number of thioether (sulfide) groups is 1. The maximum atomic E-state index is 12.0. The predicted octanol–water partition coefficient (Wildman–Crippen LogP) is 0.614. The first-order chi connectivity index (χ1) is 6.54. The normalized spacial score (nSPS) is 11.6. The van der Waals surface area contributed by atoms with Gasteiger partial charge in [0.1, 0.15) is 0 Å². The third kappa shape index (κ3) is 6.60. The van der Waals surface area contributed by atoms with Crippen molar-refractivity contribution in [2.45, 2.75) is 6.92 Å². The largest absolute Gasteiger partial charge is 0.396 e. The molecule has 0 aliphatic carbocycles. The SMILES string of the molecule is CC(=O)SCCP(=O)(CCO)CCO. The third-order valence-corrected chi connectivity index (χ3v) is 6.01. The number of rotatable bonds is 7. The fourth-order valence-electron chi connectivity index (χ4n) is 1.06. The molecule has 0 saturated carbocycles. The van der Waals surface area contributed by atoms with Crippen LogP contribution in [0.15, 0.2) is 0 Å². The molecule has 4 nitrogen and oxygen atoms in total. The van der Waals surface area contributed by atoms with Gasteiger partial charge in [-0.3, -0.25) is 4.79 Å². The summed E-state index contributed by atoms with van der Waals surface area (Å²) in [6, 6.07) is 0. The van der Waals surface area contributed by atoms with E-state index in [-0.39, 0.29) is 30.7 Å². The molecule has 0 spiro atoms. The van der Waals surface area contributed by atoms with Gasteiger partial charge >= 0.3 is 0 Å². The van der Waals surface area contributed by atoms with Gasteiger partial charge in [0.15, 0.2) is 5.12 Å². The highest BCUT2D eigenvalue weighted by atomic mass is 32.2. The number of aliphatic hydroxyl groups excluding tert-OH is 2. The summed E-state index contributed by atoms with van der Waals surface area (Å²) >= 11 is 1.14. The lowest BCUT2D eigenvalue weighted by molar-refractivity contribution is -0.109. The van der Waals surface area contributed by atoms with Gasteiger partial charge in [-0.2, -0.15) is 0 Å². The molecule has 0 aromatic carbocycles.